The van der Waals surface area contributed by atoms with Crippen molar-refractivity contribution in [2.45, 2.75) is 19.5 Å². The van der Waals surface area contributed by atoms with Gasteiger partial charge in [-0.1, -0.05) is 12.1 Å². The van der Waals surface area contributed by atoms with Gasteiger partial charge in [-0.25, -0.2) is 0 Å². The topological polar surface area (TPSA) is 60.0 Å². The molecule has 0 aromatic heterocycles. The molecule has 1 aliphatic heterocycles. The van der Waals surface area contributed by atoms with Gasteiger partial charge >= 0.3 is 0 Å². The van der Waals surface area contributed by atoms with Crippen molar-refractivity contribution < 1.29 is 19.0 Å². The minimum atomic E-state index is -0.109. The van der Waals surface area contributed by atoms with Gasteiger partial charge in [0.15, 0.2) is 0 Å². The second-order valence-electron chi connectivity index (χ2n) is 6.95. The molecule has 1 atom stereocenters. The Balaban J connectivity index is 1.45. The fraction of sp³-hybridized carbons (Fsp3) is 0.409. The number of nitrogens with zero attached hydrogens (tertiary/aromatic N) is 1. The van der Waals surface area contributed by atoms with E-state index in [9.17, 15) is 4.79 Å². The Bertz CT molecular complexity index is 740. The van der Waals surface area contributed by atoms with Gasteiger partial charge in [0.25, 0.3) is 5.91 Å². The molecule has 2 aromatic rings. The lowest BCUT2D eigenvalue weighted by Crippen LogP contribution is -2.37. The number of amides is 1. The molecule has 0 aliphatic carbocycles. The highest BCUT2D eigenvalue weighted by Crippen LogP contribution is 2.17. The highest BCUT2D eigenvalue weighted by atomic mass is 16.5. The molecule has 28 heavy (non-hydrogen) atoms. The number of carbonyl (C=O) groups is 1. The molecule has 1 aliphatic rings. The molecule has 1 saturated heterocycles. The van der Waals surface area contributed by atoms with Crippen LogP contribution in [-0.4, -0.2) is 56.9 Å². The number of morpholine rings is 1. The average Bonchev–Trinajstić information content (AvgIpc) is 2.74. The standard InChI is InChI=1S/C22H28N2O4/c1-17(16-28-21-9-7-20(26-2)8-10-21)23-22(25)19-5-3-18(4-6-19)15-24-11-13-27-14-12-24/h3-10,17H,11-16H2,1-2H3,(H,23,25)/t17-/m1/s1. The SMILES string of the molecule is COc1ccc(OC[C@@H](C)NC(=O)c2ccc(CN3CCOCC3)cc2)cc1. The lowest BCUT2D eigenvalue weighted by molar-refractivity contribution is 0.0342. The van der Waals surface area contributed by atoms with Gasteiger partial charge in [0.05, 0.1) is 26.4 Å². The molecule has 0 unspecified atom stereocenters. The molecule has 6 nitrogen and oxygen atoms in total. The summed E-state index contributed by atoms with van der Waals surface area (Å²) in [6.07, 6.45) is 0. The highest BCUT2D eigenvalue weighted by Gasteiger charge is 2.13. The first-order valence-corrected chi connectivity index (χ1v) is 9.61. The Morgan fingerprint density at radius 1 is 1.07 bits per heavy atom. The third-order valence-corrected chi connectivity index (χ3v) is 4.66. The van der Waals surface area contributed by atoms with E-state index in [-0.39, 0.29) is 11.9 Å². The highest BCUT2D eigenvalue weighted by molar-refractivity contribution is 5.94. The van der Waals surface area contributed by atoms with Crippen LogP contribution < -0.4 is 14.8 Å². The Kier molecular flexibility index (Phi) is 7.28. The van der Waals surface area contributed by atoms with Gasteiger partial charge in [0.1, 0.15) is 18.1 Å². The minimum Gasteiger partial charge on any atom is -0.497 e. The van der Waals surface area contributed by atoms with Gasteiger partial charge in [-0.15, -0.1) is 0 Å². The molecule has 1 amide bonds. The van der Waals surface area contributed by atoms with Crippen LogP contribution in [-0.2, 0) is 11.3 Å². The van der Waals surface area contributed by atoms with E-state index in [0.29, 0.717) is 12.2 Å². The molecule has 1 heterocycles. The Hall–Kier alpha value is -2.57. The first-order chi connectivity index (χ1) is 13.6. The smallest absolute Gasteiger partial charge is 0.251 e. The lowest BCUT2D eigenvalue weighted by atomic mass is 10.1. The van der Waals surface area contributed by atoms with E-state index in [4.69, 9.17) is 14.2 Å². The van der Waals surface area contributed by atoms with Gasteiger partial charge in [-0.05, 0) is 48.9 Å². The summed E-state index contributed by atoms with van der Waals surface area (Å²) >= 11 is 0. The van der Waals surface area contributed by atoms with E-state index >= 15 is 0 Å². The first-order valence-electron chi connectivity index (χ1n) is 9.61. The van der Waals surface area contributed by atoms with Crippen LogP contribution in [0.25, 0.3) is 0 Å². The van der Waals surface area contributed by atoms with Crippen molar-refractivity contribution in [2.24, 2.45) is 0 Å². The van der Waals surface area contributed by atoms with E-state index in [1.54, 1.807) is 7.11 Å². The van der Waals surface area contributed by atoms with Crippen molar-refractivity contribution >= 4 is 5.91 Å². The van der Waals surface area contributed by atoms with Gasteiger partial charge in [0, 0.05) is 25.2 Å². The molecular weight excluding hydrogens is 356 g/mol. The molecule has 0 radical (unpaired) electrons. The second kappa shape index (κ2) is 10.1. The summed E-state index contributed by atoms with van der Waals surface area (Å²) in [5.41, 5.74) is 1.86. The van der Waals surface area contributed by atoms with E-state index in [0.717, 1.165) is 44.3 Å². The Labute approximate surface area is 166 Å². The molecule has 1 fully saturated rings. The quantitative estimate of drug-likeness (QED) is 0.758. The number of ether oxygens (including phenoxy) is 3. The molecule has 6 heteroatoms. The van der Waals surface area contributed by atoms with Crippen molar-refractivity contribution in [1.82, 2.24) is 10.2 Å². The summed E-state index contributed by atoms with van der Waals surface area (Å²) in [7, 11) is 1.63. The largest absolute Gasteiger partial charge is 0.497 e. The van der Waals surface area contributed by atoms with E-state index in [1.807, 2.05) is 55.5 Å². The maximum atomic E-state index is 12.4. The van der Waals surface area contributed by atoms with Crippen LogP contribution in [0.2, 0.25) is 0 Å². The summed E-state index contributed by atoms with van der Waals surface area (Å²) in [6, 6.07) is 15.1. The Morgan fingerprint density at radius 3 is 2.36 bits per heavy atom. The third-order valence-electron chi connectivity index (χ3n) is 4.66. The number of benzene rings is 2. The van der Waals surface area contributed by atoms with E-state index in [1.165, 1.54) is 5.56 Å². The van der Waals surface area contributed by atoms with Crippen molar-refractivity contribution in [3.05, 3.63) is 59.7 Å². The van der Waals surface area contributed by atoms with Crippen LogP contribution in [0.15, 0.2) is 48.5 Å². The Morgan fingerprint density at radius 2 is 1.71 bits per heavy atom. The minimum absolute atomic E-state index is 0.0937. The van der Waals surface area contributed by atoms with Crippen molar-refractivity contribution in [1.29, 1.82) is 0 Å². The summed E-state index contributed by atoms with van der Waals surface area (Å²) in [6.45, 7) is 6.69. The fourth-order valence-corrected chi connectivity index (χ4v) is 3.02. The van der Waals surface area contributed by atoms with Gasteiger partial charge < -0.3 is 19.5 Å². The summed E-state index contributed by atoms with van der Waals surface area (Å²) in [5.74, 6) is 1.43. The number of carbonyl (C=O) groups excluding carboxylic acids is 1. The normalized spacial score (nSPS) is 15.6. The van der Waals surface area contributed by atoms with Crippen molar-refractivity contribution in [3.63, 3.8) is 0 Å². The average molecular weight is 384 g/mol. The molecule has 2 aromatic carbocycles. The van der Waals surface area contributed by atoms with Crippen molar-refractivity contribution in [2.75, 3.05) is 40.0 Å². The van der Waals surface area contributed by atoms with Crippen LogP contribution in [0.3, 0.4) is 0 Å². The summed E-state index contributed by atoms with van der Waals surface area (Å²) in [4.78, 5) is 14.8. The maximum absolute atomic E-state index is 12.4. The van der Waals surface area contributed by atoms with Crippen molar-refractivity contribution in [3.8, 4) is 11.5 Å². The van der Waals surface area contributed by atoms with Gasteiger partial charge in [-0.3, -0.25) is 9.69 Å². The molecule has 1 N–H and O–H groups in total. The predicted octanol–water partition coefficient (Wildman–Crippen LogP) is 2.72. The lowest BCUT2D eigenvalue weighted by Gasteiger charge is -2.26. The zero-order valence-electron chi connectivity index (χ0n) is 16.5. The number of rotatable bonds is 8. The third kappa shape index (κ3) is 5.97. The fourth-order valence-electron chi connectivity index (χ4n) is 3.02. The predicted molar refractivity (Wildman–Crippen MR) is 108 cm³/mol. The number of hydrogen-bond acceptors (Lipinski definition) is 5. The molecule has 150 valence electrons. The monoisotopic (exact) mass is 384 g/mol. The molecule has 3 rings (SSSR count). The first kappa shape index (κ1) is 20.2. The summed E-state index contributed by atoms with van der Waals surface area (Å²) in [5, 5.41) is 2.97. The molecule has 0 spiro atoms. The van der Waals surface area contributed by atoms with E-state index in [2.05, 4.69) is 10.2 Å². The molecular formula is C22H28N2O4. The van der Waals surface area contributed by atoms with Crippen LogP contribution in [0, 0.1) is 0 Å². The van der Waals surface area contributed by atoms with E-state index < -0.39 is 0 Å². The molecule has 0 bridgehead atoms. The number of nitrogens with one attached hydrogen (secondary N) is 1. The number of hydrogen-bond donors (Lipinski definition) is 1. The zero-order valence-corrected chi connectivity index (χ0v) is 16.5. The zero-order chi connectivity index (χ0) is 19.8. The maximum Gasteiger partial charge on any atom is 0.251 e. The van der Waals surface area contributed by atoms with Gasteiger partial charge in [-0.2, -0.15) is 0 Å². The second-order valence-corrected chi connectivity index (χ2v) is 6.95. The van der Waals surface area contributed by atoms with Gasteiger partial charge in [0.2, 0.25) is 0 Å². The van der Waals surface area contributed by atoms with Crippen LogP contribution >= 0.6 is 0 Å². The van der Waals surface area contributed by atoms with Crippen LogP contribution in [0.4, 0.5) is 0 Å². The summed E-state index contributed by atoms with van der Waals surface area (Å²) < 4.78 is 16.2. The molecule has 0 saturated carbocycles. The number of methoxy groups -OCH3 is 1. The van der Waals surface area contributed by atoms with Crippen LogP contribution in [0.1, 0.15) is 22.8 Å². The van der Waals surface area contributed by atoms with Crippen LogP contribution in [0.5, 0.6) is 11.5 Å².